The minimum Gasteiger partial charge on any atom is -0.353 e. The fourth-order valence-electron chi connectivity index (χ4n) is 2.99. The number of carbonyl (C=O) groups excluding carboxylic acids is 2. The molecule has 0 unspecified atom stereocenters. The molecule has 2 atom stereocenters. The molecule has 1 saturated carbocycles. The summed E-state index contributed by atoms with van der Waals surface area (Å²) in [7, 11) is 0. The van der Waals surface area contributed by atoms with E-state index in [1.165, 1.54) is 19.3 Å². The number of amides is 2. The molecule has 2 rings (SSSR count). The van der Waals surface area contributed by atoms with E-state index in [4.69, 9.17) is 0 Å². The van der Waals surface area contributed by atoms with Gasteiger partial charge in [0.25, 0.3) is 5.91 Å². The van der Waals surface area contributed by atoms with Gasteiger partial charge < -0.3 is 10.6 Å². The summed E-state index contributed by atoms with van der Waals surface area (Å²) in [6.07, 6.45) is 5.05. The molecule has 22 heavy (non-hydrogen) atoms. The van der Waals surface area contributed by atoms with Gasteiger partial charge in [-0.1, -0.05) is 37.5 Å². The Labute approximate surface area is 132 Å². The molecule has 1 aromatic rings. The van der Waals surface area contributed by atoms with Crippen LogP contribution in [0.5, 0.6) is 0 Å². The first-order chi connectivity index (χ1) is 10.6. The molecule has 1 fully saturated rings. The van der Waals surface area contributed by atoms with Crippen molar-refractivity contribution >= 4 is 11.8 Å². The molecule has 1 aromatic carbocycles. The number of aryl methyl sites for hydroxylation is 1. The lowest BCUT2D eigenvalue weighted by atomic mass is 9.86. The second-order valence-electron chi connectivity index (χ2n) is 6.31. The van der Waals surface area contributed by atoms with Crippen LogP contribution in [0.1, 0.15) is 54.9 Å². The summed E-state index contributed by atoms with van der Waals surface area (Å²) in [4.78, 5) is 23.9. The summed E-state index contributed by atoms with van der Waals surface area (Å²) >= 11 is 0. The number of benzene rings is 1. The summed E-state index contributed by atoms with van der Waals surface area (Å²) < 4.78 is 0. The van der Waals surface area contributed by atoms with E-state index >= 15 is 0 Å². The lowest BCUT2D eigenvalue weighted by Crippen LogP contribution is -2.42. The minimum atomic E-state index is -0.123. The van der Waals surface area contributed by atoms with Gasteiger partial charge in [0.2, 0.25) is 5.91 Å². The van der Waals surface area contributed by atoms with Gasteiger partial charge in [0.1, 0.15) is 0 Å². The highest BCUT2D eigenvalue weighted by atomic mass is 16.2. The highest BCUT2D eigenvalue weighted by Crippen LogP contribution is 2.23. The summed E-state index contributed by atoms with van der Waals surface area (Å²) in [6.45, 7) is 4.53. The third kappa shape index (κ3) is 4.86. The molecule has 0 aliphatic heterocycles. The molecule has 1 aliphatic rings. The zero-order chi connectivity index (χ0) is 15.9. The average Bonchev–Trinajstić information content (AvgIpc) is 2.49. The molecule has 0 aromatic heterocycles. The Morgan fingerprint density at radius 2 is 2.00 bits per heavy atom. The predicted octanol–water partition coefficient (Wildman–Crippen LogP) is 2.81. The third-order valence-electron chi connectivity index (χ3n) is 4.38. The van der Waals surface area contributed by atoms with E-state index in [-0.39, 0.29) is 11.8 Å². The van der Waals surface area contributed by atoms with E-state index in [0.717, 1.165) is 12.0 Å². The second kappa shape index (κ2) is 7.97. The monoisotopic (exact) mass is 302 g/mol. The zero-order valence-electron chi connectivity index (χ0n) is 13.5. The molecule has 1 aliphatic carbocycles. The van der Waals surface area contributed by atoms with E-state index in [2.05, 4.69) is 17.6 Å². The summed E-state index contributed by atoms with van der Waals surface area (Å²) in [6, 6.07) is 7.75. The normalized spacial score (nSPS) is 21.2. The van der Waals surface area contributed by atoms with Gasteiger partial charge in [0.15, 0.2) is 0 Å². The molecular weight excluding hydrogens is 276 g/mol. The van der Waals surface area contributed by atoms with Gasteiger partial charge in [-0.25, -0.2) is 0 Å². The Hall–Kier alpha value is -1.84. The molecule has 2 N–H and O–H groups in total. The fraction of sp³-hybridized carbons (Fsp3) is 0.556. The van der Waals surface area contributed by atoms with Crippen molar-refractivity contribution in [2.45, 2.75) is 52.0 Å². The van der Waals surface area contributed by atoms with Crippen molar-refractivity contribution in [1.29, 1.82) is 0 Å². The molecule has 4 nitrogen and oxygen atoms in total. The van der Waals surface area contributed by atoms with Crippen LogP contribution in [0.3, 0.4) is 0 Å². The molecule has 0 radical (unpaired) electrons. The lowest BCUT2D eigenvalue weighted by molar-refractivity contribution is -0.122. The summed E-state index contributed by atoms with van der Waals surface area (Å²) in [5.74, 6) is 0.463. The zero-order valence-corrected chi connectivity index (χ0v) is 13.5. The Kier molecular flexibility index (Phi) is 5.99. The first-order valence-electron chi connectivity index (χ1n) is 8.20. The molecular formula is C18H26N2O2. The van der Waals surface area contributed by atoms with Crippen LogP contribution in [-0.2, 0) is 4.79 Å². The van der Waals surface area contributed by atoms with Gasteiger partial charge in [-0.05, 0) is 37.8 Å². The van der Waals surface area contributed by atoms with Gasteiger partial charge >= 0.3 is 0 Å². The highest BCUT2D eigenvalue weighted by molar-refractivity contribution is 5.94. The Morgan fingerprint density at radius 1 is 1.23 bits per heavy atom. The van der Waals surface area contributed by atoms with Gasteiger partial charge in [0, 0.05) is 24.6 Å². The maximum atomic E-state index is 12.0. The third-order valence-corrected chi connectivity index (χ3v) is 4.38. The van der Waals surface area contributed by atoms with Crippen LogP contribution in [0.4, 0.5) is 0 Å². The van der Waals surface area contributed by atoms with Crippen LogP contribution in [-0.4, -0.2) is 24.4 Å². The molecule has 0 bridgehead atoms. The van der Waals surface area contributed by atoms with E-state index in [1.807, 2.05) is 25.1 Å². The number of carbonyl (C=O) groups is 2. The minimum absolute atomic E-state index is 0.0308. The number of hydrogen-bond donors (Lipinski definition) is 2. The first-order valence-corrected chi connectivity index (χ1v) is 8.20. The molecule has 0 saturated heterocycles. The first kappa shape index (κ1) is 16.5. The largest absolute Gasteiger partial charge is 0.353 e. The molecule has 4 heteroatoms. The smallest absolute Gasteiger partial charge is 0.251 e. The van der Waals surface area contributed by atoms with Crippen LogP contribution < -0.4 is 10.6 Å². The molecule has 120 valence electrons. The Balaban J connectivity index is 1.71. The predicted molar refractivity (Wildman–Crippen MR) is 87.7 cm³/mol. The highest BCUT2D eigenvalue weighted by Gasteiger charge is 2.22. The average molecular weight is 302 g/mol. The van der Waals surface area contributed by atoms with E-state index < -0.39 is 0 Å². The van der Waals surface area contributed by atoms with E-state index in [0.29, 0.717) is 30.5 Å². The van der Waals surface area contributed by atoms with Crippen molar-refractivity contribution in [3.63, 3.8) is 0 Å². The fourth-order valence-corrected chi connectivity index (χ4v) is 2.99. The maximum absolute atomic E-state index is 12.0. The lowest BCUT2D eigenvalue weighted by Gasteiger charge is -2.29. The van der Waals surface area contributed by atoms with Gasteiger partial charge in [-0.3, -0.25) is 9.59 Å². The van der Waals surface area contributed by atoms with Crippen LogP contribution in [0.25, 0.3) is 0 Å². The topological polar surface area (TPSA) is 58.2 Å². The van der Waals surface area contributed by atoms with Crippen LogP contribution in [0.15, 0.2) is 24.3 Å². The van der Waals surface area contributed by atoms with Gasteiger partial charge in [-0.15, -0.1) is 0 Å². The SMILES string of the molecule is Cc1cccc(C(=O)NCCC(=O)N[C@@H]2CCCC[C@@H]2C)c1. The number of hydrogen-bond acceptors (Lipinski definition) is 2. The summed E-state index contributed by atoms with van der Waals surface area (Å²) in [5, 5.41) is 5.91. The second-order valence-corrected chi connectivity index (χ2v) is 6.31. The van der Waals surface area contributed by atoms with Crippen LogP contribution in [0.2, 0.25) is 0 Å². The van der Waals surface area contributed by atoms with Gasteiger partial charge in [-0.2, -0.15) is 0 Å². The Bertz CT molecular complexity index is 528. The molecule has 2 amide bonds. The molecule has 0 heterocycles. The van der Waals surface area contributed by atoms with Crippen molar-refractivity contribution in [2.24, 2.45) is 5.92 Å². The number of nitrogens with one attached hydrogen (secondary N) is 2. The van der Waals surface area contributed by atoms with Crippen molar-refractivity contribution in [2.75, 3.05) is 6.54 Å². The molecule has 0 spiro atoms. The van der Waals surface area contributed by atoms with E-state index in [1.54, 1.807) is 6.07 Å². The maximum Gasteiger partial charge on any atom is 0.251 e. The standard InChI is InChI=1S/C18H26N2O2/c1-13-6-5-8-15(12-13)18(22)19-11-10-17(21)20-16-9-4-3-7-14(16)2/h5-6,8,12,14,16H,3-4,7,9-11H2,1-2H3,(H,19,22)(H,20,21)/t14-,16+/m0/s1. The summed E-state index contributed by atoms with van der Waals surface area (Å²) in [5.41, 5.74) is 1.69. The van der Waals surface area contributed by atoms with Crippen molar-refractivity contribution in [3.05, 3.63) is 35.4 Å². The van der Waals surface area contributed by atoms with Crippen LogP contribution >= 0.6 is 0 Å². The van der Waals surface area contributed by atoms with Crippen LogP contribution in [0, 0.1) is 12.8 Å². The number of rotatable bonds is 5. The van der Waals surface area contributed by atoms with Crippen molar-refractivity contribution < 1.29 is 9.59 Å². The van der Waals surface area contributed by atoms with Gasteiger partial charge in [0.05, 0.1) is 0 Å². The quantitative estimate of drug-likeness (QED) is 0.878. The van der Waals surface area contributed by atoms with Crippen molar-refractivity contribution in [1.82, 2.24) is 10.6 Å². The van der Waals surface area contributed by atoms with E-state index in [9.17, 15) is 9.59 Å². The van der Waals surface area contributed by atoms with Crippen molar-refractivity contribution in [3.8, 4) is 0 Å². The Morgan fingerprint density at radius 3 is 2.73 bits per heavy atom.